The minimum absolute atomic E-state index is 0.784. The summed E-state index contributed by atoms with van der Waals surface area (Å²) in [6.45, 7) is 14.2. The Morgan fingerprint density at radius 1 is 1.09 bits per heavy atom. The molecule has 0 radical (unpaired) electrons. The van der Waals surface area contributed by atoms with Crippen molar-refractivity contribution in [3.63, 3.8) is 0 Å². The van der Waals surface area contributed by atoms with Crippen molar-refractivity contribution in [3.8, 4) is 5.75 Å². The van der Waals surface area contributed by atoms with Crippen LogP contribution in [-0.2, 0) is 12.8 Å². The molecule has 0 aliphatic rings. The number of rotatable bonds is 13. The van der Waals surface area contributed by atoms with Gasteiger partial charge in [-0.25, -0.2) is 0 Å². The maximum Gasteiger partial charge on any atom is 0.128 e. The number of methoxy groups -OCH3 is 1. The molecule has 0 N–H and O–H groups in total. The van der Waals surface area contributed by atoms with Gasteiger partial charge < -0.3 is 9.64 Å². The molecule has 4 nitrogen and oxygen atoms in total. The van der Waals surface area contributed by atoms with E-state index in [1.165, 1.54) is 43.5 Å². The molecular formula is C31H41N3O. The largest absolute Gasteiger partial charge is 0.496 e. The van der Waals surface area contributed by atoms with Crippen LogP contribution in [0.2, 0.25) is 0 Å². The van der Waals surface area contributed by atoms with Gasteiger partial charge in [0.15, 0.2) is 0 Å². The Balaban J connectivity index is 1.86. The highest BCUT2D eigenvalue weighted by Gasteiger charge is 2.17. The molecule has 0 aliphatic carbocycles. The predicted molar refractivity (Wildman–Crippen MR) is 151 cm³/mol. The molecule has 4 heteroatoms. The third-order valence-corrected chi connectivity index (χ3v) is 6.76. The van der Waals surface area contributed by atoms with E-state index in [0.717, 1.165) is 58.4 Å². The number of pyridine rings is 1. The fraction of sp³-hybridized carbons (Fsp3) is 0.419. The predicted octanol–water partition coefficient (Wildman–Crippen LogP) is 6.97. The van der Waals surface area contributed by atoms with Crippen molar-refractivity contribution < 1.29 is 4.74 Å². The van der Waals surface area contributed by atoms with Crippen molar-refractivity contribution in [3.05, 3.63) is 77.0 Å². The Bertz CT molecular complexity index is 1150. The molecule has 0 aliphatic heterocycles. The zero-order chi connectivity index (χ0) is 25.2. The minimum Gasteiger partial charge on any atom is -0.496 e. The Kier molecular flexibility index (Phi) is 10.0. The number of fused-ring (bicyclic) bond motifs is 1. The summed E-state index contributed by atoms with van der Waals surface area (Å²) < 4.78 is 5.55. The number of unbranched alkanes of at least 4 members (excludes halogenated alkanes) is 1. The van der Waals surface area contributed by atoms with Gasteiger partial charge in [-0.15, -0.1) is 0 Å². The molecule has 0 unspecified atom stereocenters. The Labute approximate surface area is 211 Å². The lowest BCUT2D eigenvalue weighted by Gasteiger charge is -2.19. The highest BCUT2D eigenvalue weighted by molar-refractivity contribution is 6.20. The van der Waals surface area contributed by atoms with Crippen LogP contribution in [0.25, 0.3) is 17.0 Å². The van der Waals surface area contributed by atoms with Gasteiger partial charge in [-0.05, 0) is 68.9 Å². The SMILES string of the molecule is C=Cc1cc2c(C(=NC)c3ccc(CCCCN(CC)CCC)cc3)c(CC)cnc2cc1OC. The Hall–Kier alpha value is -2.98. The lowest BCUT2D eigenvalue weighted by atomic mass is 9.92. The van der Waals surface area contributed by atoms with Crippen LogP contribution in [0.4, 0.5) is 0 Å². The summed E-state index contributed by atoms with van der Waals surface area (Å²) in [5.41, 5.74) is 7.72. The molecule has 2 aromatic carbocycles. The van der Waals surface area contributed by atoms with Crippen LogP contribution in [-0.4, -0.2) is 49.4 Å². The molecule has 0 spiro atoms. The average Bonchev–Trinajstić information content (AvgIpc) is 2.90. The van der Waals surface area contributed by atoms with Gasteiger partial charge >= 0.3 is 0 Å². The van der Waals surface area contributed by atoms with Crippen molar-refractivity contribution in [2.24, 2.45) is 4.99 Å². The van der Waals surface area contributed by atoms with E-state index >= 15 is 0 Å². The van der Waals surface area contributed by atoms with Crippen LogP contribution in [0.3, 0.4) is 0 Å². The van der Waals surface area contributed by atoms with Gasteiger partial charge in [0.2, 0.25) is 0 Å². The van der Waals surface area contributed by atoms with Crippen LogP contribution in [0.1, 0.15) is 67.9 Å². The summed E-state index contributed by atoms with van der Waals surface area (Å²) in [4.78, 5) is 12.0. The zero-order valence-electron chi connectivity index (χ0n) is 22.2. The van der Waals surface area contributed by atoms with Gasteiger partial charge in [-0.2, -0.15) is 0 Å². The quantitative estimate of drug-likeness (QED) is 0.199. The van der Waals surface area contributed by atoms with Crippen LogP contribution < -0.4 is 4.74 Å². The Morgan fingerprint density at radius 3 is 2.46 bits per heavy atom. The maximum absolute atomic E-state index is 5.55. The second-order valence-corrected chi connectivity index (χ2v) is 8.99. The fourth-order valence-corrected chi connectivity index (χ4v) is 4.79. The molecule has 0 bridgehead atoms. The molecule has 0 saturated carbocycles. The molecule has 35 heavy (non-hydrogen) atoms. The van der Waals surface area contributed by atoms with Crippen LogP contribution in [0, 0.1) is 0 Å². The van der Waals surface area contributed by atoms with Crippen LogP contribution >= 0.6 is 0 Å². The normalized spacial score (nSPS) is 11.9. The standard InChI is InChI=1S/C31H41N3O/c1-7-18-34(10-4)19-12-11-13-23-14-16-26(17-15-23)31(32-5)30-25(9-3)22-33-28-21-29(35-6)24(8-2)20-27(28)30/h8,14-17,20-22H,2,7,9-13,18-19H2,1,3-6H3. The number of nitrogens with zero attached hydrogens (tertiary/aromatic N) is 3. The molecule has 0 saturated heterocycles. The van der Waals surface area contributed by atoms with E-state index in [1.807, 2.05) is 25.4 Å². The number of hydrogen-bond acceptors (Lipinski definition) is 4. The average molecular weight is 472 g/mol. The molecule has 1 aromatic heterocycles. The van der Waals surface area contributed by atoms with Gasteiger partial charge in [0.25, 0.3) is 0 Å². The maximum atomic E-state index is 5.55. The first-order valence-corrected chi connectivity index (χ1v) is 13.0. The minimum atomic E-state index is 0.784. The van der Waals surface area contributed by atoms with E-state index in [2.05, 4.69) is 62.6 Å². The van der Waals surface area contributed by atoms with E-state index in [9.17, 15) is 0 Å². The zero-order valence-corrected chi connectivity index (χ0v) is 22.2. The molecule has 0 amide bonds. The summed E-state index contributed by atoms with van der Waals surface area (Å²) in [5, 5.41) is 1.08. The van der Waals surface area contributed by atoms with Crippen molar-refractivity contribution in [2.45, 2.75) is 52.9 Å². The first-order valence-electron chi connectivity index (χ1n) is 13.0. The van der Waals surface area contributed by atoms with Crippen molar-refractivity contribution in [1.29, 1.82) is 0 Å². The van der Waals surface area contributed by atoms with Crippen LogP contribution in [0.5, 0.6) is 5.75 Å². The molecule has 1 heterocycles. The number of aliphatic imine (C=N–C) groups is 1. The summed E-state index contributed by atoms with van der Waals surface area (Å²) >= 11 is 0. The molecule has 3 rings (SSSR count). The fourth-order valence-electron chi connectivity index (χ4n) is 4.79. The highest BCUT2D eigenvalue weighted by Crippen LogP contribution is 2.31. The second kappa shape index (κ2) is 13.2. The monoisotopic (exact) mass is 471 g/mol. The smallest absolute Gasteiger partial charge is 0.128 e. The topological polar surface area (TPSA) is 37.7 Å². The van der Waals surface area contributed by atoms with Crippen LogP contribution in [0.15, 0.2) is 54.2 Å². The number of benzene rings is 2. The van der Waals surface area contributed by atoms with Gasteiger partial charge in [0.1, 0.15) is 5.75 Å². The van der Waals surface area contributed by atoms with E-state index in [-0.39, 0.29) is 0 Å². The first-order chi connectivity index (χ1) is 17.1. The summed E-state index contributed by atoms with van der Waals surface area (Å²) in [6, 6.07) is 13.1. The van der Waals surface area contributed by atoms with E-state index in [0.29, 0.717) is 0 Å². The molecular weight excluding hydrogens is 430 g/mol. The summed E-state index contributed by atoms with van der Waals surface area (Å²) in [5.74, 6) is 0.784. The lowest BCUT2D eigenvalue weighted by molar-refractivity contribution is 0.282. The van der Waals surface area contributed by atoms with Gasteiger partial charge in [0.05, 0.1) is 18.3 Å². The molecule has 186 valence electrons. The van der Waals surface area contributed by atoms with Gasteiger partial charge in [0, 0.05) is 41.4 Å². The number of aryl methyl sites for hydroxylation is 2. The Morgan fingerprint density at radius 2 is 1.86 bits per heavy atom. The van der Waals surface area contributed by atoms with Gasteiger partial charge in [-0.3, -0.25) is 9.98 Å². The van der Waals surface area contributed by atoms with E-state index in [1.54, 1.807) is 7.11 Å². The van der Waals surface area contributed by atoms with Crippen molar-refractivity contribution in [2.75, 3.05) is 33.8 Å². The third kappa shape index (κ3) is 6.37. The lowest BCUT2D eigenvalue weighted by Crippen LogP contribution is -2.25. The molecule has 3 aromatic rings. The van der Waals surface area contributed by atoms with Crippen molar-refractivity contribution in [1.82, 2.24) is 9.88 Å². The highest BCUT2D eigenvalue weighted by atomic mass is 16.5. The molecule has 0 fully saturated rings. The van der Waals surface area contributed by atoms with Gasteiger partial charge in [-0.1, -0.05) is 57.7 Å². The second-order valence-electron chi connectivity index (χ2n) is 8.99. The number of aromatic nitrogens is 1. The third-order valence-electron chi connectivity index (χ3n) is 6.76. The first kappa shape index (κ1) is 26.6. The van der Waals surface area contributed by atoms with Crippen molar-refractivity contribution >= 4 is 22.7 Å². The van der Waals surface area contributed by atoms with E-state index in [4.69, 9.17) is 14.7 Å². The number of hydrogen-bond donors (Lipinski definition) is 0. The summed E-state index contributed by atoms with van der Waals surface area (Å²) in [6.07, 6.45) is 9.50. The summed E-state index contributed by atoms with van der Waals surface area (Å²) in [7, 11) is 3.56. The molecule has 0 atom stereocenters. The number of ether oxygens (including phenoxy) is 1. The van der Waals surface area contributed by atoms with E-state index < -0.39 is 0 Å².